The van der Waals surface area contributed by atoms with Crippen LogP contribution in [0, 0.1) is 0 Å². The average Bonchev–Trinajstić information content (AvgIpc) is 3.18. The van der Waals surface area contributed by atoms with E-state index in [4.69, 9.17) is 21.1 Å². The van der Waals surface area contributed by atoms with Crippen LogP contribution in [0.1, 0.15) is 28.8 Å². The van der Waals surface area contributed by atoms with Gasteiger partial charge in [0, 0.05) is 12.6 Å². The van der Waals surface area contributed by atoms with E-state index in [1.54, 1.807) is 19.2 Å². The molecule has 0 saturated carbocycles. The lowest BCUT2D eigenvalue weighted by molar-refractivity contribution is 0.0697. The quantitative estimate of drug-likeness (QED) is 0.629. The SMILES string of the molecule is COc1ccc(CNc2nc(OC[C@@H]3CCCN3)ncc2C(=O)O)cc1Cl. The lowest BCUT2D eigenvalue weighted by Crippen LogP contribution is -2.28. The topological polar surface area (TPSA) is 106 Å². The van der Waals surface area contributed by atoms with E-state index in [1.807, 2.05) is 6.07 Å². The van der Waals surface area contributed by atoms with Crippen molar-refractivity contribution in [3.05, 3.63) is 40.5 Å². The fourth-order valence-corrected chi connectivity index (χ4v) is 3.09. The van der Waals surface area contributed by atoms with Crippen molar-refractivity contribution in [2.24, 2.45) is 0 Å². The van der Waals surface area contributed by atoms with Crippen molar-refractivity contribution in [1.29, 1.82) is 0 Å². The summed E-state index contributed by atoms with van der Waals surface area (Å²) in [6.07, 6.45) is 3.40. The zero-order valence-corrected chi connectivity index (χ0v) is 15.6. The Morgan fingerprint density at radius 2 is 2.33 bits per heavy atom. The number of ether oxygens (including phenoxy) is 2. The summed E-state index contributed by atoms with van der Waals surface area (Å²) in [5, 5.41) is 16.2. The van der Waals surface area contributed by atoms with E-state index in [9.17, 15) is 9.90 Å². The van der Waals surface area contributed by atoms with Gasteiger partial charge in [-0.2, -0.15) is 4.98 Å². The summed E-state index contributed by atoms with van der Waals surface area (Å²) in [7, 11) is 1.54. The molecule has 0 amide bonds. The van der Waals surface area contributed by atoms with E-state index < -0.39 is 5.97 Å². The second-order valence-electron chi connectivity index (χ2n) is 6.15. The Morgan fingerprint density at radius 1 is 1.48 bits per heavy atom. The lowest BCUT2D eigenvalue weighted by Gasteiger charge is -2.13. The number of methoxy groups -OCH3 is 1. The van der Waals surface area contributed by atoms with Crippen LogP contribution < -0.4 is 20.1 Å². The number of carboxylic acids is 1. The Balaban J connectivity index is 1.70. The Bertz CT molecular complexity index is 812. The third-order valence-electron chi connectivity index (χ3n) is 4.25. The van der Waals surface area contributed by atoms with Crippen LogP contribution in [-0.2, 0) is 6.54 Å². The van der Waals surface area contributed by atoms with Crippen LogP contribution in [0.15, 0.2) is 24.4 Å². The highest BCUT2D eigenvalue weighted by Gasteiger charge is 2.17. The van der Waals surface area contributed by atoms with Crippen LogP contribution in [0.25, 0.3) is 0 Å². The number of carbonyl (C=O) groups is 1. The molecule has 8 nitrogen and oxygen atoms in total. The molecule has 1 saturated heterocycles. The molecule has 3 N–H and O–H groups in total. The van der Waals surface area contributed by atoms with Gasteiger partial charge in [-0.15, -0.1) is 0 Å². The molecule has 1 aromatic carbocycles. The molecule has 9 heteroatoms. The Labute approximate surface area is 161 Å². The third kappa shape index (κ3) is 4.99. The normalized spacial score (nSPS) is 16.1. The van der Waals surface area contributed by atoms with Gasteiger partial charge in [0.05, 0.1) is 18.3 Å². The molecule has 0 bridgehead atoms. The maximum Gasteiger partial charge on any atom is 0.341 e. The zero-order chi connectivity index (χ0) is 19.2. The standard InChI is InChI=1S/C18H21ClN4O4/c1-26-15-5-4-11(7-14(15)19)8-21-16-13(17(24)25)9-22-18(23-16)27-10-12-3-2-6-20-12/h4-5,7,9,12,20H,2-3,6,8,10H2,1H3,(H,24,25)(H,21,22,23)/t12-/m0/s1. The van der Waals surface area contributed by atoms with Gasteiger partial charge >= 0.3 is 12.0 Å². The molecule has 1 aliphatic rings. The first-order valence-electron chi connectivity index (χ1n) is 8.59. The van der Waals surface area contributed by atoms with E-state index in [1.165, 1.54) is 6.20 Å². The zero-order valence-electron chi connectivity index (χ0n) is 14.9. The number of carboxylic acid groups (broad SMARTS) is 1. The molecule has 1 aromatic heterocycles. The van der Waals surface area contributed by atoms with Gasteiger partial charge in [-0.3, -0.25) is 0 Å². The van der Waals surface area contributed by atoms with Crippen molar-refractivity contribution in [2.45, 2.75) is 25.4 Å². The number of nitrogens with zero attached hydrogens (tertiary/aromatic N) is 2. The molecule has 2 heterocycles. The maximum atomic E-state index is 11.4. The van der Waals surface area contributed by atoms with E-state index in [0.29, 0.717) is 23.9 Å². The van der Waals surface area contributed by atoms with Gasteiger partial charge < -0.3 is 25.2 Å². The molecule has 1 atom stereocenters. The summed E-state index contributed by atoms with van der Waals surface area (Å²) in [5.41, 5.74) is 0.828. The summed E-state index contributed by atoms with van der Waals surface area (Å²) < 4.78 is 10.7. The maximum absolute atomic E-state index is 11.4. The molecule has 144 valence electrons. The van der Waals surface area contributed by atoms with Crippen LogP contribution in [0.4, 0.5) is 5.82 Å². The molecule has 27 heavy (non-hydrogen) atoms. The fourth-order valence-electron chi connectivity index (χ4n) is 2.81. The van der Waals surface area contributed by atoms with Crippen LogP contribution in [0.3, 0.4) is 0 Å². The highest BCUT2D eigenvalue weighted by Crippen LogP contribution is 2.25. The van der Waals surface area contributed by atoms with Crippen molar-refractivity contribution in [1.82, 2.24) is 15.3 Å². The van der Waals surface area contributed by atoms with Crippen molar-refractivity contribution < 1.29 is 19.4 Å². The minimum absolute atomic E-state index is 0.0269. The number of anilines is 1. The average molecular weight is 393 g/mol. The van der Waals surface area contributed by atoms with Gasteiger partial charge in [-0.1, -0.05) is 17.7 Å². The molecular weight excluding hydrogens is 372 g/mol. The van der Waals surface area contributed by atoms with Crippen LogP contribution in [0.2, 0.25) is 5.02 Å². The predicted octanol–water partition coefficient (Wildman–Crippen LogP) is 2.58. The molecule has 3 rings (SSSR count). The number of hydrogen-bond donors (Lipinski definition) is 3. The van der Waals surface area contributed by atoms with E-state index in [-0.39, 0.29) is 23.4 Å². The predicted molar refractivity (Wildman–Crippen MR) is 101 cm³/mol. The number of aromatic nitrogens is 2. The van der Waals surface area contributed by atoms with Crippen LogP contribution in [-0.4, -0.2) is 47.3 Å². The monoisotopic (exact) mass is 392 g/mol. The van der Waals surface area contributed by atoms with Gasteiger partial charge in [0.1, 0.15) is 23.7 Å². The Morgan fingerprint density at radius 3 is 3.00 bits per heavy atom. The Hall–Kier alpha value is -2.58. The van der Waals surface area contributed by atoms with Crippen molar-refractivity contribution >= 4 is 23.4 Å². The van der Waals surface area contributed by atoms with Crippen LogP contribution in [0.5, 0.6) is 11.8 Å². The third-order valence-corrected chi connectivity index (χ3v) is 4.54. The smallest absolute Gasteiger partial charge is 0.341 e. The van der Waals surface area contributed by atoms with Gasteiger partial charge in [0.15, 0.2) is 0 Å². The minimum atomic E-state index is -1.12. The number of rotatable bonds is 8. The molecular formula is C18H21ClN4O4. The van der Waals surface area contributed by atoms with Crippen LogP contribution >= 0.6 is 11.6 Å². The molecule has 0 spiro atoms. The van der Waals surface area contributed by atoms with Crippen molar-refractivity contribution in [3.8, 4) is 11.8 Å². The summed E-state index contributed by atoms with van der Waals surface area (Å²) in [6, 6.07) is 5.75. The fraction of sp³-hybridized carbons (Fsp3) is 0.389. The summed E-state index contributed by atoms with van der Waals surface area (Å²) in [5.74, 6) is -0.349. The number of nitrogens with one attached hydrogen (secondary N) is 2. The summed E-state index contributed by atoms with van der Waals surface area (Å²) in [4.78, 5) is 19.6. The van der Waals surface area contributed by atoms with E-state index >= 15 is 0 Å². The highest BCUT2D eigenvalue weighted by atomic mass is 35.5. The highest BCUT2D eigenvalue weighted by molar-refractivity contribution is 6.32. The van der Waals surface area contributed by atoms with Gasteiger partial charge in [-0.05, 0) is 37.1 Å². The second kappa shape index (κ2) is 8.88. The van der Waals surface area contributed by atoms with Crippen molar-refractivity contribution in [3.63, 3.8) is 0 Å². The largest absolute Gasteiger partial charge is 0.495 e. The molecule has 1 aliphatic heterocycles. The van der Waals surface area contributed by atoms with Crippen molar-refractivity contribution in [2.75, 3.05) is 25.6 Å². The van der Waals surface area contributed by atoms with Gasteiger partial charge in [-0.25, -0.2) is 9.78 Å². The summed E-state index contributed by atoms with van der Waals surface area (Å²) in [6.45, 7) is 1.76. The first-order valence-corrected chi connectivity index (χ1v) is 8.97. The molecule has 1 fully saturated rings. The number of benzene rings is 1. The number of aromatic carboxylic acids is 1. The van der Waals surface area contributed by atoms with E-state index in [2.05, 4.69) is 20.6 Å². The summed E-state index contributed by atoms with van der Waals surface area (Å²) >= 11 is 6.12. The molecule has 0 radical (unpaired) electrons. The Kier molecular flexibility index (Phi) is 6.31. The van der Waals surface area contributed by atoms with Gasteiger partial charge in [0.25, 0.3) is 0 Å². The minimum Gasteiger partial charge on any atom is -0.495 e. The second-order valence-corrected chi connectivity index (χ2v) is 6.55. The van der Waals surface area contributed by atoms with E-state index in [0.717, 1.165) is 24.9 Å². The first kappa shape index (κ1) is 19.2. The molecule has 2 aromatic rings. The molecule has 0 unspecified atom stereocenters. The number of hydrogen-bond acceptors (Lipinski definition) is 7. The lowest BCUT2D eigenvalue weighted by atomic mass is 10.2. The van der Waals surface area contributed by atoms with Gasteiger partial charge in [0.2, 0.25) is 0 Å². The molecule has 0 aliphatic carbocycles. The number of halogens is 1. The first-order chi connectivity index (χ1) is 13.1.